The maximum atomic E-state index is 11.9. The summed E-state index contributed by atoms with van der Waals surface area (Å²) in [6, 6.07) is -0.0824. The lowest BCUT2D eigenvalue weighted by atomic mass is 10.1. The van der Waals surface area contributed by atoms with Gasteiger partial charge in [-0.15, -0.1) is 0 Å². The van der Waals surface area contributed by atoms with Crippen LogP contribution in [0.15, 0.2) is 0 Å². The Morgan fingerprint density at radius 2 is 2.17 bits per heavy atom. The summed E-state index contributed by atoms with van der Waals surface area (Å²) in [6.07, 6.45) is 0.465. The van der Waals surface area contributed by atoms with Crippen molar-refractivity contribution in [2.24, 2.45) is 5.92 Å². The van der Waals surface area contributed by atoms with Crippen LogP contribution in [0.3, 0.4) is 0 Å². The number of carboxylic acid groups (broad SMARTS) is 1. The van der Waals surface area contributed by atoms with E-state index in [2.05, 4.69) is 19.2 Å². The second-order valence-corrected chi connectivity index (χ2v) is 7.09. The third kappa shape index (κ3) is 4.76. The molecule has 0 radical (unpaired) electrons. The molecule has 104 valence electrons. The summed E-state index contributed by atoms with van der Waals surface area (Å²) in [4.78, 5) is 24.3. The van der Waals surface area contributed by atoms with Crippen molar-refractivity contribution in [2.45, 2.75) is 31.9 Å². The van der Waals surface area contributed by atoms with Gasteiger partial charge >= 0.3 is 12.0 Å². The highest BCUT2D eigenvalue weighted by Gasteiger charge is 2.29. The molecule has 1 heterocycles. The fourth-order valence-corrected chi connectivity index (χ4v) is 2.93. The van der Waals surface area contributed by atoms with E-state index in [0.717, 1.165) is 18.8 Å². The first kappa shape index (κ1) is 15.1. The lowest BCUT2D eigenvalue weighted by Gasteiger charge is -2.37. The molecule has 1 unspecified atom stereocenters. The molecule has 2 N–H and O–H groups in total. The number of hydrogen-bond donors (Lipinski definition) is 2. The van der Waals surface area contributed by atoms with Crippen LogP contribution in [-0.4, -0.2) is 52.1 Å². The molecule has 1 fully saturated rings. The Labute approximate surface area is 112 Å². The van der Waals surface area contributed by atoms with Crippen LogP contribution in [0.2, 0.25) is 0 Å². The fourth-order valence-electron chi connectivity index (χ4n) is 1.82. The van der Waals surface area contributed by atoms with Gasteiger partial charge in [0.05, 0.1) is 5.92 Å². The molecular weight excluding hydrogens is 252 g/mol. The molecule has 6 heteroatoms. The number of carboxylic acids is 1. The molecule has 1 rings (SSSR count). The molecule has 1 saturated heterocycles. The summed E-state index contributed by atoms with van der Waals surface area (Å²) in [5.74, 6) is -0.287. The van der Waals surface area contributed by atoms with Crippen molar-refractivity contribution in [3.8, 4) is 0 Å². The average molecular weight is 274 g/mol. The minimum Gasteiger partial charge on any atom is -0.481 e. The van der Waals surface area contributed by atoms with E-state index in [1.807, 2.05) is 16.7 Å². The maximum absolute atomic E-state index is 11.9. The highest BCUT2D eigenvalue weighted by Crippen LogP contribution is 2.29. The van der Waals surface area contributed by atoms with Gasteiger partial charge in [0.25, 0.3) is 0 Å². The summed E-state index contributed by atoms with van der Waals surface area (Å²) in [7, 11) is 0. The lowest BCUT2D eigenvalue weighted by molar-refractivity contribution is -0.141. The predicted molar refractivity (Wildman–Crippen MR) is 72.9 cm³/mol. The largest absolute Gasteiger partial charge is 0.481 e. The molecule has 5 nitrogen and oxygen atoms in total. The lowest BCUT2D eigenvalue weighted by Crippen LogP contribution is -2.50. The Morgan fingerprint density at radius 3 is 2.72 bits per heavy atom. The zero-order valence-corrected chi connectivity index (χ0v) is 12.0. The van der Waals surface area contributed by atoms with E-state index >= 15 is 0 Å². The number of thioether (sulfide) groups is 1. The molecule has 0 aromatic carbocycles. The minimum atomic E-state index is -0.820. The number of carbonyl (C=O) groups excluding carboxylic acids is 1. The highest BCUT2D eigenvalue weighted by atomic mass is 32.2. The molecule has 0 aliphatic carbocycles. The van der Waals surface area contributed by atoms with Crippen LogP contribution < -0.4 is 5.32 Å². The monoisotopic (exact) mass is 274 g/mol. The summed E-state index contributed by atoms with van der Waals surface area (Å²) in [5, 5.41) is 11.5. The van der Waals surface area contributed by atoms with Crippen LogP contribution in [0.1, 0.15) is 27.2 Å². The standard InChI is InChI=1S/C12H22N2O3S/c1-9(10(15)16)4-5-13-11(17)14-6-7-18-12(2,3)8-14/h9H,4-8H2,1-3H3,(H,13,17)(H,15,16). The van der Waals surface area contributed by atoms with Gasteiger partial charge in [0.2, 0.25) is 0 Å². The Balaban J connectivity index is 2.30. The predicted octanol–water partition coefficient (Wildman–Crippen LogP) is 1.63. The smallest absolute Gasteiger partial charge is 0.317 e. The average Bonchev–Trinajstić information content (AvgIpc) is 2.27. The SMILES string of the molecule is CC(CCNC(=O)N1CCSC(C)(C)C1)C(=O)O. The summed E-state index contributed by atoms with van der Waals surface area (Å²) < 4.78 is 0.101. The van der Waals surface area contributed by atoms with E-state index < -0.39 is 11.9 Å². The van der Waals surface area contributed by atoms with Crippen molar-refractivity contribution in [3.05, 3.63) is 0 Å². The van der Waals surface area contributed by atoms with Crippen molar-refractivity contribution in [2.75, 3.05) is 25.4 Å². The normalized spacial score (nSPS) is 20.3. The first-order valence-corrected chi connectivity index (χ1v) is 7.20. The van der Waals surface area contributed by atoms with E-state index in [1.165, 1.54) is 0 Å². The van der Waals surface area contributed by atoms with E-state index in [-0.39, 0.29) is 10.8 Å². The van der Waals surface area contributed by atoms with Crippen molar-refractivity contribution in [1.29, 1.82) is 0 Å². The van der Waals surface area contributed by atoms with Crippen LogP contribution in [0.5, 0.6) is 0 Å². The van der Waals surface area contributed by atoms with Crippen LogP contribution in [0.4, 0.5) is 4.79 Å². The molecule has 18 heavy (non-hydrogen) atoms. The van der Waals surface area contributed by atoms with E-state index in [1.54, 1.807) is 6.92 Å². The molecule has 0 aromatic heterocycles. The van der Waals surface area contributed by atoms with Crippen molar-refractivity contribution < 1.29 is 14.7 Å². The zero-order valence-electron chi connectivity index (χ0n) is 11.2. The van der Waals surface area contributed by atoms with Crippen molar-refractivity contribution in [3.63, 3.8) is 0 Å². The van der Waals surface area contributed by atoms with Gasteiger partial charge in [-0.3, -0.25) is 4.79 Å². The molecule has 0 saturated carbocycles. The van der Waals surface area contributed by atoms with Crippen LogP contribution in [0, 0.1) is 5.92 Å². The second kappa shape index (κ2) is 6.31. The Kier molecular flexibility index (Phi) is 5.31. The van der Waals surface area contributed by atoms with Crippen molar-refractivity contribution >= 4 is 23.8 Å². The quantitative estimate of drug-likeness (QED) is 0.817. The second-order valence-electron chi connectivity index (χ2n) is 5.29. The van der Waals surface area contributed by atoms with Crippen molar-refractivity contribution in [1.82, 2.24) is 10.2 Å². The zero-order chi connectivity index (χ0) is 13.8. The summed E-state index contributed by atoms with van der Waals surface area (Å²) >= 11 is 1.87. The number of nitrogens with one attached hydrogen (secondary N) is 1. The summed E-state index contributed by atoms with van der Waals surface area (Å²) in [5.41, 5.74) is 0. The third-order valence-corrected chi connectivity index (χ3v) is 4.29. The van der Waals surface area contributed by atoms with Gasteiger partial charge in [0, 0.05) is 30.1 Å². The van der Waals surface area contributed by atoms with Gasteiger partial charge in [-0.05, 0) is 20.3 Å². The molecule has 1 aliphatic heterocycles. The number of amides is 2. The number of rotatable bonds is 4. The van der Waals surface area contributed by atoms with Gasteiger partial charge in [-0.1, -0.05) is 6.92 Å². The summed E-state index contributed by atoms with van der Waals surface area (Å²) in [6.45, 7) is 7.81. The molecule has 2 amide bonds. The van der Waals surface area contributed by atoms with Gasteiger partial charge in [0.1, 0.15) is 0 Å². The fraction of sp³-hybridized carbons (Fsp3) is 0.833. The molecular formula is C12H22N2O3S. The van der Waals surface area contributed by atoms with Gasteiger partial charge in [-0.25, -0.2) is 4.79 Å². The van der Waals surface area contributed by atoms with Gasteiger partial charge < -0.3 is 15.3 Å². The van der Waals surface area contributed by atoms with E-state index in [4.69, 9.17) is 5.11 Å². The topological polar surface area (TPSA) is 69.6 Å². The number of aliphatic carboxylic acids is 1. The molecule has 1 atom stereocenters. The number of nitrogens with zero attached hydrogens (tertiary/aromatic N) is 1. The number of carbonyl (C=O) groups is 2. The van der Waals surface area contributed by atoms with E-state index in [9.17, 15) is 9.59 Å². The molecule has 1 aliphatic rings. The maximum Gasteiger partial charge on any atom is 0.317 e. The number of hydrogen-bond acceptors (Lipinski definition) is 3. The molecule has 0 spiro atoms. The van der Waals surface area contributed by atoms with Crippen LogP contribution in [-0.2, 0) is 4.79 Å². The van der Waals surface area contributed by atoms with Crippen LogP contribution >= 0.6 is 11.8 Å². The first-order valence-electron chi connectivity index (χ1n) is 6.21. The molecule has 0 aromatic rings. The number of urea groups is 1. The first-order chi connectivity index (χ1) is 8.32. The highest BCUT2D eigenvalue weighted by molar-refractivity contribution is 8.00. The third-order valence-electron chi connectivity index (χ3n) is 2.99. The Bertz CT molecular complexity index is 320. The van der Waals surface area contributed by atoms with E-state index in [0.29, 0.717) is 13.0 Å². The Morgan fingerprint density at radius 1 is 1.50 bits per heavy atom. The van der Waals surface area contributed by atoms with Crippen LogP contribution in [0.25, 0.3) is 0 Å². The van der Waals surface area contributed by atoms with Gasteiger partial charge in [-0.2, -0.15) is 11.8 Å². The molecule has 0 bridgehead atoms. The Hall–Kier alpha value is -0.910. The minimum absolute atomic E-state index is 0.0824. The van der Waals surface area contributed by atoms with Gasteiger partial charge in [0.15, 0.2) is 0 Å².